The molecule has 0 aromatic rings. The van der Waals surface area contributed by atoms with Gasteiger partial charge in [0, 0.05) is 6.04 Å². The van der Waals surface area contributed by atoms with Crippen molar-refractivity contribution in [1.29, 1.82) is 0 Å². The van der Waals surface area contributed by atoms with Crippen molar-refractivity contribution in [1.82, 2.24) is 10.6 Å². The van der Waals surface area contributed by atoms with Crippen LogP contribution in [-0.2, 0) is 9.84 Å². The van der Waals surface area contributed by atoms with Gasteiger partial charge in [0.05, 0.1) is 11.5 Å². The molecule has 0 aliphatic carbocycles. The van der Waals surface area contributed by atoms with E-state index in [1.807, 2.05) is 0 Å². The zero-order chi connectivity index (χ0) is 10.7. The molecular weight excluding hydrogens is 212 g/mol. The van der Waals surface area contributed by atoms with E-state index in [0.717, 1.165) is 32.0 Å². The number of sulfone groups is 1. The molecule has 0 aromatic carbocycles. The molecule has 5 heteroatoms. The average molecular weight is 232 g/mol. The maximum absolute atomic E-state index is 11.2. The fraction of sp³-hybridized carbons (Fsp3) is 1.00. The van der Waals surface area contributed by atoms with Crippen LogP contribution in [0.5, 0.6) is 0 Å². The summed E-state index contributed by atoms with van der Waals surface area (Å²) < 4.78 is 22.5. The van der Waals surface area contributed by atoms with Gasteiger partial charge in [-0.15, -0.1) is 0 Å². The van der Waals surface area contributed by atoms with Crippen molar-refractivity contribution in [3.63, 3.8) is 0 Å². The molecule has 15 heavy (non-hydrogen) atoms. The van der Waals surface area contributed by atoms with Crippen LogP contribution >= 0.6 is 0 Å². The van der Waals surface area contributed by atoms with E-state index in [-0.39, 0.29) is 6.04 Å². The number of nitrogens with one attached hydrogen (secondary N) is 2. The minimum Gasteiger partial charge on any atom is -0.317 e. The van der Waals surface area contributed by atoms with E-state index in [2.05, 4.69) is 10.6 Å². The van der Waals surface area contributed by atoms with Crippen LogP contribution in [0.2, 0.25) is 0 Å². The second-order valence-corrected chi connectivity index (χ2v) is 6.93. The number of rotatable bonds is 3. The molecule has 2 N–H and O–H groups in total. The lowest BCUT2D eigenvalue weighted by Gasteiger charge is -2.24. The van der Waals surface area contributed by atoms with Crippen molar-refractivity contribution in [2.24, 2.45) is 5.92 Å². The van der Waals surface area contributed by atoms with Crippen LogP contribution in [0, 0.1) is 5.92 Å². The largest absolute Gasteiger partial charge is 0.317 e. The zero-order valence-electron chi connectivity index (χ0n) is 9.04. The summed E-state index contributed by atoms with van der Waals surface area (Å²) in [7, 11) is -2.72. The normalized spacial score (nSPS) is 31.9. The summed E-state index contributed by atoms with van der Waals surface area (Å²) in [5.74, 6) is 1.45. The van der Waals surface area contributed by atoms with Gasteiger partial charge < -0.3 is 10.6 Å². The first kappa shape index (κ1) is 11.4. The van der Waals surface area contributed by atoms with Crippen molar-refractivity contribution in [3.8, 4) is 0 Å². The summed E-state index contributed by atoms with van der Waals surface area (Å²) in [6.45, 7) is 3.20. The van der Waals surface area contributed by atoms with E-state index < -0.39 is 9.84 Å². The highest BCUT2D eigenvalue weighted by molar-refractivity contribution is 7.91. The SMILES string of the molecule is O=S1(=O)CCC(NCC2CCNCC2)C1. The van der Waals surface area contributed by atoms with Gasteiger partial charge in [0.1, 0.15) is 0 Å². The third-order valence-electron chi connectivity index (χ3n) is 3.39. The monoisotopic (exact) mass is 232 g/mol. The third-order valence-corrected chi connectivity index (χ3v) is 5.15. The van der Waals surface area contributed by atoms with Crippen LogP contribution in [0.3, 0.4) is 0 Å². The molecule has 0 saturated carbocycles. The molecule has 2 aliphatic rings. The number of piperidine rings is 1. The van der Waals surface area contributed by atoms with E-state index in [1.54, 1.807) is 0 Å². The van der Waals surface area contributed by atoms with Crippen molar-refractivity contribution >= 4 is 9.84 Å². The van der Waals surface area contributed by atoms with Crippen LogP contribution in [0.1, 0.15) is 19.3 Å². The number of hydrogen-bond acceptors (Lipinski definition) is 4. The van der Waals surface area contributed by atoms with Gasteiger partial charge in [0.2, 0.25) is 0 Å². The average Bonchev–Trinajstić information content (AvgIpc) is 2.57. The van der Waals surface area contributed by atoms with Crippen molar-refractivity contribution in [3.05, 3.63) is 0 Å². The molecule has 0 radical (unpaired) electrons. The van der Waals surface area contributed by atoms with Gasteiger partial charge in [-0.25, -0.2) is 8.42 Å². The molecule has 0 aromatic heterocycles. The second kappa shape index (κ2) is 4.80. The third kappa shape index (κ3) is 3.43. The van der Waals surface area contributed by atoms with E-state index >= 15 is 0 Å². The fourth-order valence-electron chi connectivity index (χ4n) is 2.38. The Hall–Kier alpha value is -0.130. The molecule has 88 valence electrons. The zero-order valence-corrected chi connectivity index (χ0v) is 9.85. The van der Waals surface area contributed by atoms with Gasteiger partial charge in [0.15, 0.2) is 9.84 Å². The lowest BCUT2D eigenvalue weighted by atomic mass is 9.98. The predicted molar refractivity (Wildman–Crippen MR) is 60.7 cm³/mol. The van der Waals surface area contributed by atoms with E-state index in [1.165, 1.54) is 12.8 Å². The molecule has 0 amide bonds. The van der Waals surface area contributed by atoms with Gasteiger partial charge in [-0.3, -0.25) is 0 Å². The minimum absolute atomic E-state index is 0.213. The molecule has 2 rings (SSSR count). The first-order valence-corrected chi connectivity index (χ1v) is 7.62. The fourth-order valence-corrected chi connectivity index (χ4v) is 4.08. The van der Waals surface area contributed by atoms with Gasteiger partial charge in [0.25, 0.3) is 0 Å². The maximum atomic E-state index is 11.2. The van der Waals surface area contributed by atoms with Gasteiger partial charge in [-0.2, -0.15) is 0 Å². The van der Waals surface area contributed by atoms with Crippen molar-refractivity contribution < 1.29 is 8.42 Å². The Bertz CT molecular complexity index is 297. The Morgan fingerprint density at radius 2 is 1.93 bits per heavy atom. The molecule has 1 atom stereocenters. The van der Waals surface area contributed by atoms with Crippen LogP contribution in [0.15, 0.2) is 0 Å². The second-order valence-electron chi connectivity index (χ2n) is 4.70. The highest BCUT2D eigenvalue weighted by Crippen LogP contribution is 2.14. The summed E-state index contributed by atoms with van der Waals surface area (Å²) in [6.07, 6.45) is 3.23. The number of hydrogen-bond donors (Lipinski definition) is 2. The summed E-state index contributed by atoms with van der Waals surface area (Å²) in [5, 5.41) is 6.73. The molecule has 4 nitrogen and oxygen atoms in total. The predicted octanol–water partition coefficient (Wildman–Crippen LogP) is -0.237. The Morgan fingerprint density at radius 1 is 1.20 bits per heavy atom. The van der Waals surface area contributed by atoms with Crippen LogP contribution in [0.4, 0.5) is 0 Å². The van der Waals surface area contributed by atoms with Crippen molar-refractivity contribution in [2.75, 3.05) is 31.1 Å². The smallest absolute Gasteiger partial charge is 0.151 e. The lowest BCUT2D eigenvalue weighted by molar-refractivity contribution is 0.344. The van der Waals surface area contributed by atoms with E-state index in [0.29, 0.717) is 11.5 Å². The molecule has 2 heterocycles. The Kier molecular flexibility index (Phi) is 3.64. The first-order chi connectivity index (χ1) is 7.16. The quantitative estimate of drug-likeness (QED) is 0.705. The van der Waals surface area contributed by atoms with Crippen LogP contribution in [-0.4, -0.2) is 45.6 Å². The standard InChI is InChI=1S/C10H20N2O2S/c13-15(14)6-3-10(8-15)12-7-9-1-4-11-5-2-9/h9-12H,1-8H2. The topological polar surface area (TPSA) is 58.2 Å². The summed E-state index contributed by atoms with van der Waals surface area (Å²) in [4.78, 5) is 0. The molecule has 0 bridgehead atoms. The lowest BCUT2D eigenvalue weighted by Crippen LogP contribution is -2.38. The Morgan fingerprint density at radius 3 is 2.53 bits per heavy atom. The molecule has 2 aliphatic heterocycles. The highest BCUT2D eigenvalue weighted by Gasteiger charge is 2.27. The summed E-state index contributed by atoms with van der Waals surface area (Å²) in [5.41, 5.74) is 0. The molecule has 2 fully saturated rings. The molecule has 1 unspecified atom stereocenters. The van der Waals surface area contributed by atoms with Gasteiger partial charge in [-0.05, 0) is 44.8 Å². The van der Waals surface area contributed by atoms with Crippen LogP contribution < -0.4 is 10.6 Å². The summed E-state index contributed by atoms with van der Waals surface area (Å²) >= 11 is 0. The van der Waals surface area contributed by atoms with Crippen molar-refractivity contribution in [2.45, 2.75) is 25.3 Å². The van der Waals surface area contributed by atoms with Crippen LogP contribution in [0.25, 0.3) is 0 Å². The first-order valence-electron chi connectivity index (χ1n) is 5.80. The Balaban J connectivity index is 1.70. The minimum atomic E-state index is -2.72. The maximum Gasteiger partial charge on any atom is 0.151 e. The molecule has 2 saturated heterocycles. The van der Waals surface area contributed by atoms with E-state index in [4.69, 9.17) is 0 Å². The molecular formula is C10H20N2O2S. The Labute approximate surface area is 91.7 Å². The summed E-state index contributed by atoms with van der Waals surface area (Å²) in [6, 6.07) is 0.213. The highest BCUT2D eigenvalue weighted by atomic mass is 32.2. The molecule has 0 spiro atoms. The van der Waals surface area contributed by atoms with Gasteiger partial charge >= 0.3 is 0 Å². The van der Waals surface area contributed by atoms with E-state index in [9.17, 15) is 8.42 Å². The van der Waals surface area contributed by atoms with Gasteiger partial charge in [-0.1, -0.05) is 0 Å².